The molecule has 1 aliphatic carbocycles. The van der Waals surface area contributed by atoms with E-state index in [4.69, 9.17) is 0 Å². The number of carbonyl (C=O) groups excluding carboxylic acids is 1. The summed E-state index contributed by atoms with van der Waals surface area (Å²) in [6.45, 7) is 4.32. The lowest BCUT2D eigenvalue weighted by Crippen LogP contribution is -2.38. The maximum absolute atomic E-state index is 12.5. The van der Waals surface area contributed by atoms with Crippen LogP contribution in [0.4, 0.5) is 0 Å². The Hall–Kier alpha value is -1.81. The highest BCUT2D eigenvalue weighted by molar-refractivity contribution is 6.01. The molecule has 1 fully saturated rings. The molecule has 0 saturated heterocycles. The van der Waals surface area contributed by atoms with Gasteiger partial charge in [0.25, 0.3) is 5.91 Å². The van der Waals surface area contributed by atoms with Crippen LogP contribution in [0, 0.1) is 19.8 Å². The predicted molar refractivity (Wildman–Crippen MR) is 88.1 cm³/mol. The van der Waals surface area contributed by atoms with E-state index < -0.39 is 0 Å². The van der Waals surface area contributed by atoms with Crippen LogP contribution in [0.1, 0.15) is 47.3 Å². The van der Waals surface area contributed by atoms with Gasteiger partial charge in [0.2, 0.25) is 0 Å². The SMILES string of the molecule is Cc1ccc2[nH]c(C(=O)NC3CCC(CO)CC3)c(C)c2c1. The lowest BCUT2D eigenvalue weighted by Gasteiger charge is -2.27. The summed E-state index contributed by atoms with van der Waals surface area (Å²) in [7, 11) is 0. The van der Waals surface area contributed by atoms with Crippen LogP contribution >= 0.6 is 0 Å². The van der Waals surface area contributed by atoms with Crippen molar-refractivity contribution in [2.45, 2.75) is 45.6 Å². The Morgan fingerprint density at radius 2 is 2.00 bits per heavy atom. The van der Waals surface area contributed by atoms with Gasteiger partial charge in [0, 0.05) is 23.6 Å². The number of hydrogen-bond acceptors (Lipinski definition) is 2. The first-order valence-electron chi connectivity index (χ1n) is 8.09. The van der Waals surface area contributed by atoms with Gasteiger partial charge in [0.15, 0.2) is 0 Å². The number of nitrogens with one attached hydrogen (secondary N) is 2. The number of amides is 1. The number of aliphatic hydroxyl groups is 1. The molecule has 2 aromatic rings. The predicted octanol–water partition coefficient (Wildman–Crippen LogP) is 3.07. The molecule has 22 heavy (non-hydrogen) atoms. The number of aromatic amines is 1. The smallest absolute Gasteiger partial charge is 0.268 e. The summed E-state index contributed by atoms with van der Waals surface area (Å²) in [5.41, 5.74) is 3.89. The molecule has 3 rings (SSSR count). The van der Waals surface area contributed by atoms with Crippen molar-refractivity contribution in [2.75, 3.05) is 6.61 Å². The van der Waals surface area contributed by atoms with Gasteiger partial charge in [-0.25, -0.2) is 0 Å². The molecule has 118 valence electrons. The van der Waals surface area contributed by atoms with Gasteiger partial charge in [-0.15, -0.1) is 0 Å². The fourth-order valence-corrected chi connectivity index (χ4v) is 3.41. The minimum absolute atomic E-state index is 0.0150. The van der Waals surface area contributed by atoms with Crippen molar-refractivity contribution in [1.29, 1.82) is 0 Å². The number of aryl methyl sites for hydroxylation is 2. The first-order valence-corrected chi connectivity index (χ1v) is 8.09. The van der Waals surface area contributed by atoms with E-state index in [1.54, 1.807) is 0 Å². The summed E-state index contributed by atoms with van der Waals surface area (Å²) in [6, 6.07) is 6.42. The molecule has 1 aromatic heterocycles. The van der Waals surface area contributed by atoms with Crippen molar-refractivity contribution in [2.24, 2.45) is 5.92 Å². The van der Waals surface area contributed by atoms with Crippen LogP contribution < -0.4 is 5.32 Å². The van der Waals surface area contributed by atoms with Crippen LogP contribution in [0.2, 0.25) is 0 Å². The van der Waals surface area contributed by atoms with E-state index in [2.05, 4.69) is 29.4 Å². The van der Waals surface area contributed by atoms with Crippen LogP contribution in [-0.2, 0) is 0 Å². The molecule has 1 aliphatic rings. The number of aromatic nitrogens is 1. The average Bonchev–Trinajstić information content (AvgIpc) is 2.85. The second-order valence-corrected chi connectivity index (χ2v) is 6.55. The fourth-order valence-electron chi connectivity index (χ4n) is 3.41. The Bertz CT molecular complexity index is 682. The average molecular weight is 300 g/mol. The monoisotopic (exact) mass is 300 g/mol. The molecule has 0 unspecified atom stereocenters. The molecular weight excluding hydrogens is 276 g/mol. The first kappa shape index (κ1) is 15.1. The molecule has 0 radical (unpaired) electrons. The minimum Gasteiger partial charge on any atom is -0.396 e. The van der Waals surface area contributed by atoms with E-state index >= 15 is 0 Å². The molecule has 0 aliphatic heterocycles. The van der Waals surface area contributed by atoms with Gasteiger partial charge >= 0.3 is 0 Å². The Kier molecular flexibility index (Phi) is 4.21. The van der Waals surface area contributed by atoms with Gasteiger partial charge in [0.1, 0.15) is 5.69 Å². The molecular formula is C18H24N2O2. The lowest BCUT2D eigenvalue weighted by molar-refractivity contribution is 0.0909. The summed E-state index contributed by atoms with van der Waals surface area (Å²) >= 11 is 0. The van der Waals surface area contributed by atoms with E-state index in [-0.39, 0.29) is 18.6 Å². The number of aliphatic hydroxyl groups excluding tert-OH is 1. The second kappa shape index (κ2) is 6.13. The van der Waals surface area contributed by atoms with Crippen molar-refractivity contribution in [1.82, 2.24) is 10.3 Å². The zero-order valence-corrected chi connectivity index (χ0v) is 13.3. The largest absolute Gasteiger partial charge is 0.396 e. The highest BCUT2D eigenvalue weighted by Gasteiger charge is 2.23. The van der Waals surface area contributed by atoms with Crippen LogP contribution in [0.3, 0.4) is 0 Å². The molecule has 4 heteroatoms. The van der Waals surface area contributed by atoms with Gasteiger partial charge < -0.3 is 15.4 Å². The number of hydrogen-bond donors (Lipinski definition) is 3. The highest BCUT2D eigenvalue weighted by atomic mass is 16.3. The van der Waals surface area contributed by atoms with E-state index in [1.807, 2.05) is 13.0 Å². The highest BCUT2D eigenvalue weighted by Crippen LogP contribution is 2.26. The summed E-state index contributed by atoms with van der Waals surface area (Å²) < 4.78 is 0. The molecule has 0 bridgehead atoms. The zero-order valence-electron chi connectivity index (χ0n) is 13.3. The summed E-state index contributed by atoms with van der Waals surface area (Å²) in [4.78, 5) is 15.8. The molecule has 1 aromatic carbocycles. The Balaban J connectivity index is 1.74. The van der Waals surface area contributed by atoms with E-state index in [0.29, 0.717) is 11.6 Å². The topological polar surface area (TPSA) is 65.1 Å². The third kappa shape index (κ3) is 2.88. The molecule has 3 N–H and O–H groups in total. The van der Waals surface area contributed by atoms with E-state index in [9.17, 15) is 9.90 Å². The van der Waals surface area contributed by atoms with Gasteiger partial charge in [-0.3, -0.25) is 4.79 Å². The Morgan fingerprint density at radius 3 is 2.68 bits per heavy atom. The van der Waals surface area contributed by atoms with Crippen molar-refractivity contribution in [3.8, 4) is 0 Å². The Labute approximate surface area is 130 Å². The molecule has 1 saturated carbocycles. The maximum Gasteiger partial charge on any atom is 0.268 e. The molecule has 1 amide bonds. The number of carbonyl (C=O) groups is 1. The molecule has 0 spiro atoms. The second-order valence-electron chi connectivity index (χ2n) is 6.55. The summed E-state index contributed by atoms with van der Waals surface area (Å²) in [6.07, 6.45) is 3.89. The van der Waals surface area contributed by atoms with E-state index in [0.717, 1.165) is 42.1 Å². The van der Waals surface area contributed by atoms with Gasteiger partial charge in [-0.1, -0.05) is 11.6 Å². The van der Waals surface area contributed by atoms with Gasteiger partial charge in [-0.05, 0) is 63.1 Å². The van der Waals surface area contributed by atoms with Crippen LogP contribution in [-0.4, -0.2) is 28.6 Å². The quantitative estimate of drug-likeness (QED) is 0.815. The van der Waals surface area contributed by atoms with Gasteiger partial charge in [-0.2, -0.15) is 0 Å². The normalized spacial score (nSPS) is 22.0. The van der Waals surface area contributed by atoms with Crippen molar-refractivity contribution in [3.05, 3.63) is 35.0 Å². The van der Waals surface area contributed by atoms with Crippen LogP contribution in [0.15, 0.2) is 18.2 Å². The lowest BCUT2D eigenvalue weighted by atomic mass is 9.86. The maximum atomic E-state index is 12.5. The molecule has 4 nitrogen and oxygen atoms in total. The summed E-state index contributed by atoms with van der Waals surface area (Å²) in [5.74, 6) is 0.393. The zero-order chi connectivity index (χ0) is 15.7. The third-order valence-corrected chi connectivity index (χ3v) is 4.88. The Morgan fingerprint density at radius 1 is 1.27 bits per heavy atom. The number of benzene rings is 1. The standard InChI is InChI=1S/C18H24N2O2/c1-11-3-8-16-15(9-11)12(2)17(20-16)18(22)19-14-6-4-13(10-21)5-7-14/h3,8-9,13-14,20-21H,4-7,10H2,1-2H3,(H,19,22). The first-order chi connectivity index (χ1) is 10.6. The minimum atomic E-state index is -0.0150. The van der Waals surface area contributed by atoms with Crippen LogP contribution in [0.5, 0.6) is 0 Å². The van der Waals surface area contributed by atoms with Crippen molar-refractivity contribution < 1.29 is 9.90 Å². The summed E-state index contributed by atoms with van der Waals surface area (Å²) in [5, 5.41) is 13.4. The number of rotatable bonds is 3. The van der Waals surface area contributed by atoms with Crippen molar-refractivity contribution >= 4 is 16.8 Å². The molecule has 0 atom stereocenters. The molecule has 1 heterocycles. The van der Waals surface area contributed by atoms with Gasteiger partial charge in [0.05, 0.1) is 0 Å². The number of H-pyrrole nitrogens is 1. The van der Waals surface area contributed by atoms with E-state index in [1.165, 1.54) is 5.56 Å². The number of fused-ring (bicyclic) bond motifs is 1. The van der Waals surface area contributed by atoms with Crippen molar-refractivity contribution in [3.63, 3.8) is 0 Å². The fraction of sp³-hybridized carbons (Fsp3) is 0.500. The third-order valence-electron chi connectivity index (χ3n) is 4.88. The van der Waals surface area contributed by atoms with Crippen LogP contribution in [0.25, 0.3) is 10.9 Å².